The first-order valence-corrected chi connectivity index (χ1v) is 14.4. The summed E-state index contributed by atoms with van der Waals surface area (Å²) in [5, 5.41) is 2.85. The van der Waals surface area contributed by atoms with Gasteiger partial charge >= 0.3 is 12.1 Å². The Morgan fingerprint density at radius 1 is 0.614 bits per heavy atom. The van der Waals surface area contributed by atoms with Crippen LogP contribution in [-0.4, -0.2) is 112 Å². The summed E-state index contributed by atoms with van der Waals surface area (Å²) >= 11 is 0. The number of esters is 1. The number of rotatable bonds is 26. The molecule has 0 bridgehead atoms. The van der Waals surface area contributed by atoms with Gasteiger partial charge in [0.05, 0.1) is 109 Å². The topological polar surface area (TPSA) is 129 Å². The van der Waals surface area contributed by atoms with Crippen molar-refractivity contribution in [2.45, 2.75) is 6.18 Å². The van der Waals surface area contributed by atoms with Crippen LogP contribution in [0.5, 0.6) is 0 Å². The number of hydrogen-bond acceptors (Lipinski definition) is 11. The maximum absolute atomic E-state index is 13.0. The molecule has 0 radical (unpaired) electrons. The van der Waals surface area contributed by atoms with Crippen LogP contribution in [0.25, 0.3) is 0 Å². The van der Waals surface area contributed by atoms with Crippen molar-refractivity contribution in [2.75, 3.05) is 111 Å². The first-order valence-electron chi connectivity index (χ1n) is 14.4. The Bertz CT molecular complexity index is 1030. The molecule has 44 heavy (non-hydrogen) atoms. The van der Waals surface area contributed by atoms with E-state index in [9.17, 15) is 18.0 Å². The van der Waals surface area contributed by atoms with Crippen molar-refractivity contribution in [3.8, 4) is 0 Å². The van der Waals surface area contributed by atoms with E-state index in [0.717, 1.165) is 12.1 Å². The number of carbonyl (C=O) groups is 1. The molecule has 0 aliphatic rings. The summed E-state index contributed by atoms with van der Waals surface area (Å²) < 4.78 is 81.9. The van der Waals surface area contributed by atoms with E-state index in [4.69, 9.17) is 43.6 Å². The summed E-state index contributed by atoms with van der Waals surface area (Å²) in [4.78, 5) is 12.5. The van der Waals surface area contributed by atoms with Crippen LogP contribution in [0.15, 0.2) is 48.5 Å². The maximum Gasteiger partial charge on any atom is 0.416 e. The van der Waals surface area contributed by atoms with E-state index in [1.807, 2.05) is 0 Å². The normalized spacial score (nSPS) is 11.5. The van der Waals surface area contributed by atoms with E-state index >= 15 is 0 Å². The molecule has 0 spiro atoms. The van der Waals surface area contributed by atoms with Crippen molar-refractivity contribution < 1.29 is 55.9 Å². The second-order valence-corrected chi connectivity index (χ2v) is 8.96. The van der Waals surface area contributed by atoms with Crippen LogP contribution < -0.4 is 11.1 Å². The van der Waals surface area contributed by atoms with Crippen LogP contribution in [0, 0.1) is 0 Å². The minimum absolute atomic E-state index is 0.00368. The van der Waals surface area contributed by atoms with Gasteiger partial charge in [-0.3, -0.25) is 0 Å². The molecule has 2 aromatic carbocycles. The number of hydrogen-bond donors (Lipinski definition) is 2. The molecule has 0 aliphatic carbocycles. The number of nitrogens with two attached hydrogens (primary N) is 1. The number of para-hydroxylation sites is 1. The molecule has 0 atom stereocenters. The number of halogens is 3. The van der Waals surface area contributed by atoms with E-state index in [2.05, 4.69) is 5.32 Å². The number of ether oxygens (including phenoxy) is 8. The highest BCUT2D eigenvalue weighted by atomic mass is 19.4. The molecule has 0 aliphatic heterocycles. The second-order valence-electron chi connectivity index (χ2n) is 8.96. The van der Waals surface area contributed by atoms with Crippen molar-refractivity contribution in [3.63, 3.8) is 0 Å². The summed E-state index contributed by atoms with van der Waals surface area (Å²) in [5.74, 6) is -0.626. The average molecular weight is 633 g/mol. The summed E-state index contributed by atoms with van der Waals surface area (Å²) in [6.45, 7) is 6.52. The van der Waals surface area contributed by atoms with E-state index in [0.29, 0.717) is 98.1 Å². The van der Waals surface area contributed by atoms with Gasteiger partial charge in [0.15, 0.2) is 0 Å². The maximum atomic E-state index is 13.0. The fourth-order valence-electron chi connectivity index (χ4n) is 3.47. The van der Waals surface area contributed by atoms with E-state index < -0.39 is 17.7 Å². The first kappa shape index (κ1) is 37.4. The van der Waals surface area contributed by atoms with Crippen LogP contribution >= 0.6 is 0 Å². The van der Waals surface area contributed by atoms with Gasteiger partial charge in [-0.1, -0.05) is 18.2 Å². The minimum atomic E-state index is -4.47. The van der Waals surface area contributed by atoms with Crippen LogP contribution in [0.3, 0.4) is 0 Å². The predicted octanol–water partition coefficient (Wildman–Crippen LogP) is 3.68. The number of nitrogens with one attached hydrogen (secondary N) is 1. The van der Waals surface area contributed by atoms with Crippen LogP contribution in [0.2, 0.25) is 0 Å². The third-order valence-electron chi connectivity index (χ3n) is 5.57. The zero-order valence-electron chi connectivity index (χ0n) is 24.8. The Kier molecular flexibility index (Phi) is 20.0. The molecule has 14 heteroatoms. The van der Waals surface area contributed by atoms with Crippen LogP contribution in [0.1, 0.15) is 15.9 Å². The van der Waals surface area contributed by atoms with Crippen molar-refractivity contribution in [1.29, 1.82) is 0 Å². The van der Waals surface area contributed by atoms with Gasteiger partial charge in [-0.05, 0) is 30.3 Å². The SMILES string of the molecule is NCCOCCOCCOCCOCCOCCOCCOCCOC(=O)c1ccccc1Nc1cccc(C(F)(F)F)c1. The zero-order valence-corrected chi connectivity index (χ0v) is 24.8. The molecule has 3 N–H and O–H groups in total. The summed E-state index contributed by atoms with van der Waals surface area (Å²) in [5.41, 5.74) is 5.24. The molecule has 0 aromatic heterocycles. The molecule has 0 heterocycles. The Balaban J connectivity index is 1.42. The first-order chi connectivity index (χ1) is 21.4. The summed E-state index contributed by atoms with van der Waals surface area (Å²) in [6, 6.07) is 11.1. The minimum Gasteiger partial charge on any atom is -0.460 e. The second kappa shape index (κ2) is 23.5. The molecule has 2 rings (SSSR count). The van der Waals surface area contributed by atoms with Crippen molar-refractivity contribution in [2.24, 2.45) is 5.73 Å². The summed E-state index contributed by atoms with van der Waals surface area (Å²) in [7, 11) is 0. The molecule has 0 unspecified atom stereocenters. The lowest BCUT2D eigenvalue weighted by Gasteiger charge is -2.13. The Hall–Kier alpha value is -2.82. The smallest absolute Gasteiger partial charge is 0.416 e. The van der Waals surface area contributed by atoms with E-state index in [1.165, 1.54) is 18.2 Å². The lowest BCUT2D eigenvalue weighted by molar-refractivity contribution is -0.137. The molecule has 0 saturated carbocycles. The third-order valence-corrected chi connectivity index (χ3v) is 5.57. The van der Waals surface area contributed by atoms with Crippen molar-refractivity contribution in [1.82, 2.24) is 0 Å². The third kappa shape index (κ3) is 17.5. The molecule has 0 saturated heterocycles. The highest BCUT2D eigenvalue weighted by Gasteiger charge is 2.30. The van der Waals surface area contributed by atoms with Crippen LogP contribution in [-0.2, 0) is 44.1 Å². The van der Waals surface area contributed by atoms with Crippen LogP contribution in [0.4, 0.5) is 24.5 Å². The quantitative estimate of drug-likeness (QED) is 0.116. The summed E-state index contributed by atoms with van der Waals surface area (Å²) in [6.07, 6.45) is -4.47. The van der Waals surface area contributed by atoms with Gasteiger partial charge in [-0.2, -0.15) is 13.2 Å². The predicted molar refractivity (Wildman–Crippen MR) is 156 cm³/mol. The van der Waals surface area contributed by atoms with Gasteiger partial charge in [-0.25, -0.2) is 4.79 Å². The largest absolute Gasteiger partial charge is 0.460 e. The number of carbonyl (C=O) groups excluding carboxylic acids is 1. The van der Waals surface area contributed by atoms with Gasteiger partial charge in [0, 0.05) is 12.2 Å². The van der Waals surface area contributed by atoms with Gasteiger partial charge in [-0.15, -0.1) is 0 Å². The standard InChI is InChI=1S/C30H43F3N2O9/c31-30(32,33)25-4-3-5-26(24-25)35-28-7-2-1-6-27(28)29(36)44-23-22-43-21-20-42-19-18-41-17-16-40-15-14-39-13-12-38-11-10-37-9-8-34/h1-7,24,35H,8-23,34H2. The fourth-order valence-corrected chi connectivity index (χ4v) is 3.47. The van der Waals surface area contributed by atoms with Crippen molar-refractivity contribution >= 4 is 17.3 Å². The lowest BCUT2D eigenvalue weighted by atomic mass is 10.1. The molecule has 0 fully saturated rings. The van der Waals surface area contributed by atoms with E-state index in [-0.39, 0.29) is 24.5 Å². The van der Waals surface area contributed by atoms with Crippen molar-refractivity contribution in [3.05, 3.63) is 59.7 Å². The molecule has 11 nitrogen and oxygen atoms in total. The number of anilines is 2. The average Bonchev–Trinajstić information content (AvgIpc) is 3.01. The fraction of sp³-hybridized carbons (Fsp3) is 0.567. The molecule has 248 valence electrons. The lowest BCUT2D eigenvalue weighted by Crippen LogP contribution is -2.16. The monoisotopic (exact) mass is 632 g/mol. The van der Waals surface area contributed by atoms with E-state index in [1.54, 1.807) is 18.2 Å². The Morgan fingerprint density at radius 3 is 1.55 bits per heavy atom. The highest BCUT2D eigenvalue weighted by Crippen LogP contribution is 2.32. The van der Waals surface area contributed by atoms with Gasteiger partial charge in [0.2, 0.25) is 0 Å². The Morgan fingerprint density at radius 2 is 1.07 bits per heavy atom. The molecule has 2 aromatic rings. The molecule has 0 amide bonds. The molecular formula is C30H43F3N2O9. The number of alkyl halides is 3. The van der Waals surface area contributed by atoms with Gasteiger partial charge in [0.1, 0.15) is 6.61 Å². The highest BCUT2D eigenvalue weighted by molar-refractivity contribution is 5.96. The molecular weight excluding hydrogens is 589 g/mol. The number of benzene rings is 2. The van der Waals surface area contributed by atoms with Gasteiger partial charge < -0.3 is 48.9 Å². The van der Waals surface area contributed by atoms with Gasteiger partial charge in [0.25, 0.3) is 0 Å². The zero-order chi connectivity index (χ0) is 31.7. The Labute approximate surface area is 256 Å².